The number of piperidine rings is 1. The van der Waals surface area contributed by atoms with Gasteiger partial charge in [-0.05, 0) is 25.1 Å². The number of nitrogens with zero attached hydrogens (tertiary/aromatic N) is 3. The minimum absolute atomic E-state index is 0.276. The molecule has 2 rings (SSSR count). The number of aromatic amines is 1. The van der Waals surface area contributed by atoms with Gasteiger partial charge in [-0.3, -0.25) is 10.4 Å². The van der Waals surface area contributed by atoms with Gasteiger partial charge in [-0.1, -0.05) is 17.8 Å². The maximum absolute atomic E-state index is 11.7. The van der Waals surface area contributed by atoms with E-state index in [9.17, 15) is 4.79 Å². The SMILES string of the molecule is CN(CNC(=O)Nc1n[nH]c(=S)s1)N1CCCCC1. The van der Waals surface area contributed by atoms with E-state index in [4.69, 9.17) is 12.2 Å². The first-order valence-electron chi connectivity index (χ1n) is 6.21. The van der Waals surface area contributed by atoms with E-state index in [-0.39, 0.29) is 6.03 Å². The molecule has 0 spiro atoms. The molecule has 0 bridgehead atoms. The Morgan fingerprint density at radius 2 is 2.26 bits per heavy atom. The fourth-order valence-corrected chi connectivity index (χ4v) is 2.71. The molecule has 0 radical (unpaired) electrons. The van der Waals surface area contributed by atoms with Crippen molar-refractivity contribution in [2.45, 2.75) is 19.3 Å². The molecule has 0 aliphatic carbocycles. The fourth-order valence-electron chi connectivity index (χ4n) is 1.93. The molecule has 1 saturated heterocycles. The molecule has 1 fully saturated rings. The van der Waals surface area contributed by atoms with Crippen LogP contribution in [0, 0.1) is 3.95 Å². The minimum atomic E-state index is -0.276. The van der Waals surface area contributed by atoms with E-state index in [0.717, 1.165) is 13.1 Å². The maximum Gasteiger partial charge on any atom is 0.322 e. The first-order chi connectivity index (χ1) is 9.15. The maximum atomic E-state index is 11.7. The lowest BCUT2D eigenvalue weighted by Gasteiger charge is -2.34. The summed E-state index contributed by atoms with van der Waals surface area (Å²) in [6, 6.07) is -0.276. The number of rotatable bonds is 4. The molecule has 1 aromatic heterocycles. The summed E-state index contributed by atoms with van der Waals surface area (Å²) in [5.41, 5.74) is 0. The van der Waals surface area contributed by atoms with E-state index in [1.807, 2.05) is 12.1 Å². The highest BCUT2D eigenvalue weighted by Crippen LogP contribution is 2.11. The number of H-pyrrole nitrogens is 1. The molecule has 0 atom stereocenters. The number of aromatic nitrogens is 2. The van der Waals surface area contributed by atoms with Gasteiger partial charge in [0, 0.05) is 20.1 Å². The van der Waals surface area contributed by atoms with Gasteiger partial charge in [-0.2, -0.15) is 0 Å². The molecule has 2 heterocycles. The van der Waals surface area contributed by atoms with Gasteiger partial charge in [-0.15, -0.1) is 5.10 Å². The molecule has 0 saturated carbocycles. The number of hydrogen-bond donors (Lipinski definition) is 3. The molecule has 1 aromatic rings. The largest absolute Gasteiger partial charge is 0.324 e. The Hall–Kier alpha value is -1.03. The van der Waals surface area contributed by atoms with Gasteiger partial charge in [0.2, 0.25) is 5.13 Å². The summed E-state index contributed by atoms with van der Waals surface area (Å²) in [5.74, 6) is 0. The second-order valence-corrected chi connectivity index (χ2v) is 6.05. The fraction of sp³-hybridized carbons (Fsp3) is 0.700. The Labute approximate surface area is 121 Å². The Balaban J connectivity index is 1.72. The zero-order valence-corrected chi connectivity index (χ0v) is 12.4. The lowest BCUT2D eigenvalue weighted by atomic mass is 10.2. The summed E-state index contributed by atoms with van der Waals surface area (Å²) >= 11 is 6.12. The summed E-state index contributed by atoms with van der Waals surface area (Å²) in [7, 11) is 1.98. The van der Waals surface area contributed by atoms with Crippen LogP contribution in [0.5, 0.6) is 0 Å². The topological polar surface area (TPSA) is 76.3 Å². The van der Waals surface area contributed by atoms with Gasteiger partial charge >= 0.3 is 6.03 Å². The third-order valence-electron chi connectivity index (χ3n) is 2.94. The third-order valence-corrected chi connectivity index (χ3v) is 3.95. The smallest absolute Gasteiger partial charge is 0.322 e. The molecule has 1 aliphatic heterocycles. The zero-order chi connectivity index (χ0) is 13.7. The molecule has 0 unspecified atom stereocenters. The third kappa shape index (κ3) is 4.53. The van der Waals surface area contributed by atoms with Crippen LogP contribution in [0.1, 0.15) is 19.3 Å². The number of hydrazine groups is 1. The Morgan fingerprint density at radius 1 is 1.53 bits per heavy atom. The van der Waals surface area contributed by atoms with E-state index in [2.05, 4.69) is 25.8 Å². The Kier molecular flexibility index (Phi) is 5.25. The quantitative estimate of drug-likeness (QED) is 0.582. The predicted octanol–water partition coefficient (Wildman–Crippen LogP) is 1.61. The van der Waals surface area contributed by atoms with Crippen molar-refractivity contribution in [2.24, 2.45) is 0 Å². The summed E-state index contributed by atoms with van der Waals surface area (Å²) in [6.07, 6.45) is 3.72. The number of urea groups is 1. The molecule has 106 valence electrons. The zero-order valence-electron chi connectivity index (χ0n) is 10.8. The van der Waals surface area contributed by atoms with Gasteiger partial charge in [0.15, 0.2) is 3.95 Å². The van der Waals surface area contributed by atoms with Crippen LogP contribution in [-0.2, 0) is 0 Å². The van der Waals surface area contributed by atoms with Crippen molar-refractivity contribution < 1.29 is 4.79 Å². The van der Waals surface area contributed by atoms with Crippen molar-refractivity contribution in [3.63, 3.8) is 0 Å². The van der Waals surface area contributed by atoms with Crippen LogP contribution in [0.25, 0.3) is 0 Å². The number of anilines is 1. The van der Waals surface area contributed by atoms with Gasteiger partial charge in [0.1, 0.15) is 0 Å². The summed E-state index contributed by atoms with van der Waals surface area (Å²) < 4.78 is 0.542. The van der Waals surface area contributed by atoms with E-state index < -0.39 is 0 Å². The van der Waals surface area contributed by atoms with Crippen molar-refractivity contribution >= 4 is 34.7 Å². The highest BCUT2D eigenvalue weighted by molar-refractivity contribution is 7.73. The Bertz CT molecular complexity index is 467. The second-order valence-electron chi connectivity index (χ2n) is 4.38. The second kappa shape index (κ2) is 6.94. The van der Waals surface area contributed by atoms with E-state index >= 15 is 0 Å². The average molecular weight is 302 g/mol. The molecule has 1 aliphatic rings. The lowest BCUT2D eigenvalue weighted by Crippen LogP contribution is -2.48. The first-order valence-corrected chi connectivity index (χ1v) is 7.44. The molecule has 7 nitrogen and oxygen atoms in total. The van der Waals surface area contributed by atoms with Gasteiger partial charge in [0.05, 0.1) is 6.67 Å². The lowest BCUT2D eigenvalue weighted by molar-refractivity contribution is -0.0194. The molecular formula is C10H18N6OS2. The number of hydrogen-bond acceptors (Lipinski definition) is 6. The van der Waals surface area contributed by atoms with Crippen molar-refractivity contribution in [1.29, 1.82) is 0 Å². The van der Waals surface area contributed by atoms with Gasteiger partial charge in [-0.25, -0.2) is 14.8 Å². The number of amides is 2. The standard InChI is InChI=1S/C10H18N6OS2/c1-15(16-5-3-2-4-6-16)7-11-8(17)12-9-13-14-10(18)19-9/h2-7H2,1H3,(H,14,18)(H2,11,12,13,17). The number of carbonyl (C=O) groups is 1. The van der Waals surface area contributed by atoms with E-state index in [0.29, 0.717) is 15.8 Å². The van der Waals surface area contributed by atoms with Crippen LogP contribution in [0.4, 0.5) is 9.93 Å². The van der Waals surface area contributed by atoms with Gasteiger partial charge < -0.3 is 5.32 Å². The van der Waals surface area contributed by atoms with Crippen LogP contribution in [0.2, 0.25) is 0 Å². The molecule has 3 N–H and O–H groups in total. The monoisotopic (exact) mass is 302 g/mol. The van der Waals surface area contributed by atoms with E-state index in [1.54, 1.807) is 0 Å². The molecular weight excluding hydrogens is 284 g/mol. The summed E-state index contributed by atoms with van der Waals surface area (Å²) in [4.78, 5) is 11.7. The van der Waals surface area contributed by atoms with Crippen LogP contribution in [0.3, 0.4) is 0 Å². The van der Waals surface area contributed by atoms with Gasteiger partial charge in [0.25, 0.3) is 0 Å². The average Bonchev–Trinajstić information content (AvgIpc) is 2.82. The Morgan fingerprint density at radius 3 is 2.89 bits per heavy atom. The van der Waals surface area contributed by atoms with Crippen molar-refractivity contribution in [1.82, 2.24) is 25.5 Å². The van der Waals surface area contributed by atoms with Crippen LogP contribution in [0.15, 0.2) is 0 Å². The van der Waals surface area contributed by atoms with Crippen LogP contribution in [-0.4, -0.2) is 53.1 Å². The van der Waals surface area contributed by atoms with Crippen LogP contribution < -0.4 is 10.6 Å². The molecule has 9 heteroatoms. The first kappa shape index (κ1) is 14.4. The predicted molar refractivity (Wildman–Crippen MR) is 77.5 cm³/mol. The number of nitrogens with one attached hydrogen (secondary N) is 3. The molecule has 0 aromatic carbocycles. The normalized spacial score (nSPS) is 16.5. The summed E-state index contributed by atoms with van der Waals surface area (Å²) in [6.45, 7) is 2.59. The minimum Gasteiger partial charge on any atom is -0.324 e. The summed E-state index contributed by atoms with van der Waals surface area (Å²) in [5, 5.41) is 16.7. The van der Waals surface area contributed by atoms with E-state index in [1.165, 1.54) is 30.6 Å². The van der Waals surface area contributed by atoms with Crippen molar-refractivity contribution in [3.05, 3.63) is 3.95 Å². The molecule has 19 heavy (non-hydrogen) atoms. The highest BCUT2D eigenvalue weighted by Gasteiger charge is 2.15. The van der Waals surface area contributed by atoms with Crippen LogP contribution >= 0.6 is 23.6 Å². The number of carbonyl (C=O) groups excluding carboxylic acids is 1. The highest BCUT2D eigenvalue weighted by atomic mass is 32.1. The van der Waals surface area contributed by atoms with Crippen molar-refractivity contribution in [2.75, 3.05) is 32.1 Å². The molecule has 2 amide bonds. The van der Waals surface area contributed by atoms with Crippen molar-refractivity contribution in [3.8, 4) is 0 Å².